The monoisotopic (exact) mass is 1140 g/mol. The molecule has 5 rings (SSSR count). The first kappa shape index (κ1) is 67.1. The number of ketones is 3. The predicted molar refractivity (Wildman–Crippen MR) is 305 cm³/mol. The Morgan fingerprint density at radius 2 is 1.52 bits per heavy atom. The number of piperidine rings is 1. The summed E-state index contributed by atoms with van der Waals surface area (Å²) in [4.78, 5) is 87.6. The molecule has 15 atom stereocenters. The molecule has 80 heavy (non-hydrogen) atoms. The van der Waals surface area contributed by atoms with Crippen molar-refractivity contribution < 1.29 is 76.2 Å². The summed E-state index contributed by atoms with van der Waals surface area (Å²) in [6.07, 6.45) is 12.0. The van der Waals surface area contributed by atoms with Crippen LogP contribution in [0.25, 0.3) is 0 Å². The maximum Gasteiger partial charge on any atom is 0.329 e. The quantitative estimate of drug-likeness (QED) is 0.123. The fraction of sp³-hybridized carbons (Fsp3) is 0.774. The first-order valence-electron chi connectivity index (χ1n) is 29.4. The predicted octanol–water partition coefficient (Wildman–Crippen LogP) is 9.38. The Hall–Kier alpha value is -3.72. The fourth-order valence-electron chi connectivity index (χ4n) is 12.0. The number of methoxy groups -OCH3 is 3. The van der Waals surface area contributed by atoms with Crippen LogP contribution in [0.15, 0.2) is 47.6 Å². The average Bonchev–Trinajstić information content (AvgIpc) is 3.40. The van der Waals surface area contributed by atoms with Crippen molar-refractivity contribution in [2.45, 2.75) is 226 Å². The summed E-state index contributed by atoms with van der Waals surface area (Å²) in [6, 6.07) is -1.17. The molecule has 17 nitrogen and oxygen atoms in total. The highest BCUT2D eigenvalue weighted by Gasteiger charge is 2.53. The number of ether oxygens (including phenoxy) is 8. The Labute approximate surface area is 478 Å². The zero-order valence-electron chi connectivity index (χ0n) is 51.2. The molecule has 18 heteroatoms. The van der Waals surface area contributed by atoms with E-state index in [4.69, 9.17) is 42.3 Å². The number of carbonyl (C=O) groups is 6. The Morgan fingerprint density at radius 1 is 0.838 bits per heavy atom. The van der Waals surface area contributed by atoms with E-state index >= 15 is 0 Å². The van der Waals surface area contributed by atoms with Gasteiger partial charge in [0.15, 0.2) is 25.7 Å². The van der Waals surface area contributed by atoms with E-state index in [2.05, 4.69) is 6.92 Å². The minimum atomic E-state index is -2.45. The van der Waals surface area contributed by atoms with Crippen molar-refractivity contribution in [3.63, 3.8) is 0 Å². The standard InChI is InChI=1S/C62H99NO16Si/c1-38-22-18-17-19-23-39(2)50(71-11)34-46-27-25-44(7)62(70,78-46)56(66)57(67)63-29-21-20-24-47(63)58(68)76-51(35-48(64)40(3)31-43(6)54(79-80(14,15)16)55(73-13)53(65)42(5)30-38)41(4)32-45-26-28-49(52(33-45)72-12)77-59(69)61(10)36-74-60(8,9)75-37-61/h17-19,22-23,31,38,41-47,49-52,54-55,70H,20-21,24-30,32-37H2,1-16H3/b19-17?,22-18?,39-23?,40-31+/t38-,41-,42-,43?,44-,45+,46+,47+,49-,50+,51+,52-,54-,55+,62-/m1/s1. The highest BCUT2D eigenvalue weighted by molar-refractivity contribution is 6.69. The summed E-state index contributed by atoms with van der Waals surface area (Å²) >= 11 is 0. The molecular weight excluding hydrogens is 1040 g/mol. The van der Waals surface area contributed by atoms with E-state index in [0.29, 0.717) is 69.8 Å². The molecule has 4 aliphatic heterocycles. The summed E-state index contributed by atoms with van der Waals surface area (Å²) < 4.78 is 55.1. The zero-order chi connectivity index (χ0) is 59.5. The summed E-state index contributed by atoms with van der Waals surface area (Å²) in [7, 11) is 2.38. The van der Waals surface area contributed by atoms with Crippen LogP contribution in [0.2, 0.25) is 19.6 Å². The van der Waals surface area contributed by atoms with Crippen LogP contribution in [-0.2, 0) is 71.1 Å². The van der Waals surface area contributed by atoms with Gasteiger partial charge < -0.3 is 52.3 Å². The number of carbonyl (C=O) groups excluding carboxylic acids is 6. The van der Waals surface area contributed by atoms with Crippen LogP contribution in [0.1, 0.15) is 146 Å². The number of allylic oxidation sites excluding steroid dienone is 6. The second-order valence-corrected chi connectivity index (χ2v) is 30.2. The lowest BCUT2D eigenvalue weighted by Crippen LogP contribution is -2.61. The van der Waals surface area contributed by atoms with Gasteiger partial charge in [-0.25, -0.2) is 4.79 Å². The van der Waals surface area contributed by atoms with Crippen molar-refractivity contribution in [2.75, 3.05) is 41.1 Å². The van der Waals surface area contributed by atoms with Gasteiger partial charge in [0.05, 0.1) is 37.6 Å². The number of fused-ring (bicyclic) bond motifs is 3. The molecule has 0 aromatic heterocycles. The van der Waals surface area contributed by atoms with E-state index in [0.717, 1.165) is 5.57 Å². The molecule has 0 aromatic rings. The molecule has 1 aliphatic carbocycles. The number of amides is 1. The van der Waals surface area contributed by atoms with Gasteiger partial charge in [-0.1, -0.05) is 71.1 Å². The van der Waals surface area contributed by atoms with Crippen molar-refractivity contribution in [1.82, 2.24) is 4.90 Å². The van der Waals surface area contributed by atoms with Crippen molar-refractivity contribution in [1.29, 1.82) is 0 Å². The van der Waals surface area contributed by atoms with Gasteiger partial charge in [0, 0.05) is 58.5 Å². The molecule has 1 N–H and O–H groups in total. The lowest BCUT2D eigenvalue weighted by molar-refractivity contribution is -0.283. The molecule has 0 spiro atoms. The van der Waals surface area contributed by atoms with Crippen LogP contribution in [-0.4, -0.2) is 155 Å². The highest BCUT2D eigenvalue weighted by Crippen LogP contribution is 2.40. The number of nitrogens with zero attached hydrogens (tertiary/aromatic N) is 1. The summed E-state index contributed by atoms with van der Waals surface area (Å²) in [5.41, 5.74) is 0.289. The van der Waals surface area contributed by atoms with Crippen LogP contribution in [0.3, 0.4) is 0 Å². The lowest BCUT2D eigenvalue weighted by Gasteiger charge is -2.43. The van der Waals surface area contributed by atoms with Crippen molar-refractivity contribution >= 4 is 43.5 Å². The smallest absolute Gasteiger partial charge is 0.329 e. The van der Waals surface area contributed by atoms with Crippen LogP contribution in [0, 0.1) is 40.9 Å². The minimum absolute atomic E-state index is 0.0236. The Balaban J connectivity index is 1.48. The number of Topliss-reactive ketones (excluding diaryl/α,β-unsaturated/α-hetero) is 3. The van der Waals surface area contributed by atoms with E-state index in [-0.39, 0.29) is 61.9 Å². The highest BCUT2D eigenvalue weighted by atomic mass is 28.4. The van der Waals surface area contributed by atoms with Crippen molar-refractivity contribution in [2.24, 2.45) is 40.9 Å². The Kier molecular flexibility index (Phi) is 24.5. The molecule has 0 radical (unpaired) electrons. The molecule has 1 amide bonds. The van der Waals surface area contributed by atoms with Gasteiger partial charge in [0.1, 0.15) is 29.8 Å². The average molecular weight is 1140 g/mol. The number of rotatable bonds is 10. The molecule has 1 unspecified atom stereocenters. The van der Waals surface area contributed by atoms with Gasteiger partial charge in [-0.15, -0.1) is 0 Å². The molecule has 452 valence electrons. The van der Waals surface area contributed by atoms with E-state index in [1.54, 1.807) is 48.8 Å². The number of cyclic esters (lactones) is 1. The molecule has 5 aliphatic rings. The Morgan fingerprint density at radius 3 is 2.16 bits per heavy atom. The largest absolute Gasteiger partial charge is 0.460 e. The van der Waals surface area contributed by atoms with E-state index < -0.39 is 115 Å². The summed E-state index contributed by atoms with van der Waals surface area (Å²) in [5.74, 6) is -8.89. The molecule has 3 saturated heterocycles. The molecular formula is C62H99NO16Si. The zero-order valence-corrected chi connectivity index (χ0v) is 52.2. The summed E-state index contributed by atoms with van der Waals surface area (Å²) in [6.45, 7) is 25.0. The number of esters is 2. The molecule has 4 heterocycles. The van der Waals surface area contributed by atoms with Crippen LogP contribution in [0.4, 0.5) is 0 Å². The lowest BCUT2D eigenvalue weighted by atomic mass is 9.78. The van der Waals surface area contributed by atoms with E-state index in [9.17, 15) is 33.9 Å². The SMILES string of the molecule is CO[C@H]1C[C@@H]2CC[C@@H](C)[C@@](O)(O2)C(=O)C(=O)N2CCCC[C@H]2C(=O)O[C@H]([C@H](C)C[C@@H]2CC[C@@H](OC(=O)C3(C)COC(C)(C)OC3)[C@H](OC)C2)CC(=O)/C(C)=C/C(C)[C@@H](O[Si](C)(C)C)[C@@H](OC)C(=O)[C@H](C)C[C@H](C)C=CC=CC=C1C. The Bertz CT molecular complexity index is 2260. The third-order valence-electron chi connectivity index (χ3n) is 17.2. The second kappa shape index (κ2) is 29.2. The number of aliphatic hydroxyl groups is 1. The molecule has 4 fully saturated rings. The van der Waals surface area contributed by atoms with Crippen LogP contribution >= 0.6 is 0 Å². The van der Waals surface area contributed by atoms with Gasteiger partial charge >= 0.3 is 11.9 Å². The third-order valence-corrected chi connectivity index (χ3v) is 18.1. The maximum atomic E-state index is 14.8. The van der Waals surface area contributed by atoms with Gasteiger partial charge in [-0.2, -0.15) is 0 Å². The third kappa shape index (κ3) is 17.9. The molecule has 0 aromatic carbocycles. The van der Waals surface area contributed by atoms with Gasteiger partial charge in [-0.05, 0) is 147 Å². The second-order valence-electron chi connectivity index (χ2n) is 25.7. The van der Waals surface area contributed by atoms with Crippen LogP contribution < -0.4 is 0 Å². The van der Waals surface area contributed by atoms with Crippen molar-refractivity contribution in [3.8, 4) is 0 Å². The van der Waals surface area contributed by atoms with Gasteiger partial charge in [0.25, 0.3) is 11.7 Å². The first-order valence-corrected chi connectivity index (χ1v) is 32.8. The molecule has 1 saturated carbocycles. The van der Waals surface area contributed by atoms with Crippen molar-refractivity contribution in [3.05, 3.63) is 47.6 Å². The van der Waals surface area contributed by atoms with Crippen LogP contribution in [0.5, 0.6) is 0 Å². The maximum absolute atomic E-state index is 14.8. The number of hydrogen-bond acceptors (Lipinski definition) is 16. The first-order chi connectivity index (χ1) is 37.5. The topological polar surface area (TPSA) is 209 Å². The van der Waals surface area contributed by atoms with Gasteiger partial charge in [-0.3, -0.25) is 24.0 Å². The number of hydrogen-bond donors (Lipinski definition) is 1. The van der Waals surface area contributed by atoms with E-state index in [1.165, 1.54) is 12.0 Å². The summed E-state index contributed by atoms with van der Waals surface area (Å²) in [5, 5.41) is 12.1. The normalized spacial score (nSPS) is 36.2. The molecule has 2 bridgehead atoms. The fourth-order valence-corrected chi connectivity index (χ4v) is 13.1. The minimum Gasteiger partial charge on any atom is -0.460 e. The van der Waals surface area contributed by atoms with E-state index in [1.807, 2.05) is 83.8 Å². The van der Waals surface area contributed by atoms with Gasteiger partial charge in [0.2, 0.25) is 5.79 Å².